The van der Waals surface area contributed by atoms with Gasteiger partial charge in [0.05, 0.1) is 6.57 Å². The molecule has 4 rings (SSSR count). The second-order valence-corrected chi connectivity index (χ2v) is 10.7. The lowest BCUT2D eigenvalue weighted by Crippen LogP contribution is -2.59. The van der Waals surface area contributed by atoms with Crippen LogP contribution in [0.15, 0.2) is 48.5 Å². The first-order valence-electron chi connectivity index (χ1n) is 14.4. The fourth-order valence-electron chi connectivity index (χ4n) is 5.31. The van der Waals surface area contributed by atoms with Gasteiger partial charge in [0, 0.05) is 45.3 Å². The number of benzene rings is 2. The fourth-order valence-corrected chi connectivity index (χ4v) is 5.31. The van der Waals surface area contributed by atoms with Gasteiger partial charge in [-0.25, -0.2) is 14.0 Å². The Kier molecular flexibility index (Phi) is 10.9. The van der Waals surface area contributed by atoms with Gasteiger partial charge in [0.25, 0.3) is 5.91 Å². The number of hydrogen-bond donors (Lipinski definition) is 2. The molecule has 0 radical (unpaired) electrons. The van der Waals surface area contributed by atoms with Crippen LogP contribution in [0.1, 0.15) is 38.2 Å². The van der Waals surface area contributed by atoms with E-state index in [9.17, 15) is 23.6 Å². The maximum Gasteiger partial charge on any atom is 0.408 e. The number of piperidine rings is 1. The van der Waals surface area contributed by atoms with E-state index in [2.05, 4.69) is 15.5 Å². The molecule has 0 unspecified atom stereocenters. The first-order chi connectivity index (χ1) is 20.7. The Morgan fingerprint density at radius 3 is 2.40 bits per heavy atom. The molecule has 2 N–H and O–H groups in total. The summed E-state index contributed by atoms with van der Waals surface area (Å²) in [4.78, 5) is 58.6. The molecule has 12 heteroatoms. The number of alkyl carbamates (subject to hydrolysis) is 1. The van der Waals surface area contributed by atoms with Gasteiger partial charge in [-0.1, -0.05) is 30.3 Å². The van der Waals surface area contributed by atoms with Crippen LogP contribution >= 0.6 is 0 Å². The number of nitrogens with one attached hydrogen (secondary N) is 2. The fraction of sp³-hybridized carbons (Fsp3) is 0.452. The Balaban J connectivity index is 1.41. The predicted octanol–water partition coefficient (Wildman–Crippen LogP) is 3.56. The minimum atomic E-state index is -1.56. The van der Waals surface area contributed by atoms with Crippen molar-refractivity contribution in [2.24, 2.45) is 5.92 Å². The molecule has 2 heterocycles. The van der Waals surface area contributed by atoms with E-state index in [1.54, 1.807) is 30.3 Å². The van der Waals surface area contributed by atoms with Crippen molar-refractivity contribution < 1.29 is 33.0 Å². The highest BCUT2D eigenvalue weighted by Gasteiger charge is 2.41. The van der Waals surface area contributed by atoms with Gasteiger partial charge in [0.15, 0.2) is 6.04 Å². The molecule has 43 heavy (non-hydrogen) atoms. The smallest absolute Gasteiger partial charge is 0.408 e. The van der Waals surface area contributed by atoms with E-state index in [-0.39, 0.29) is 24.8 Å². The molecule has 3 amide bonds. The number of amides is 3. The molecule has 2 aliphatic heterocycles. The monoisotopic (exact) mass is 593 g/mol. The van der Waals surface area contributed by atoms with Gasteiger partial charge < -0.3 is 29.9 Å². The van der Waals surface area contributed by atoms with Gasteiger partial charge >= 0.3 is 12.1 Å². The van der Waals surface area contributed by atoms with Gasteiger partial charge in [-0.15, -0.1) is 0 Å². The van der Waals surface area contributed by atoms with Gasteiger partial charge in [0.1, 0.15) is 12.4 Å². The number of likely N-dealkylation sites (tertiary alicyclic amines) is 1. The number of esters is 1. The molecule has 2 saturated heterocycles. The van der Waals surface area contributed by atoms with E-state index < -0.39 is 41.8 Å². The summed E-state index contributed by atoms with van der Waals surface area (Å²) in [6.45, 7) is 10.8. The Labute approximate surface area is 250 Å². The van der Waals surface area contributed by atoms with Crippen LogP contribution in [-0.4, -0.2) is 73.6 Å². The van der Waals surface area contributed by atoms with Crippen molar-refractivity contribution >= 4 is 35.3 Å². The second kappa shape index (κ2) is 15.0. The summed E-state index contributed by atoms with van der Waals surface area (Å²) in [5, 5.41) is 5.29. The maximum atomic E-state index is 13.6. The maximum absolute atomic E-state index is 13.6. The lowest BCUT2D eigenvalue weighted by atomic mass is 9.96. The number of rotatable bonds is 10. The molecular formula is C31H36FN5O6. The average molecular weight is 594 g/mol. The second-order valence-electron chi connectivity index (χ2n) is 10.7. The summed E-state index contributed by atoms with van der Waals surface area (Å²) in [7, 11) is 0. The zero-order chi connectivity index (χ0) is 30.8. The first kappa shape index (κ1) is 31.3. The Hall–Kier alpha value is -4.66. The number of nitrogens with zero attached hydrogens (tertiary/aromatic N) is 3. The van der Waals surface area contributed by atoms with Crippen LogP contribution in [0.5, 0.6) is 0 Å². The highest BCUT2D eigenvalue weighted by atomic mass is 19.1. The Morgan fingerprint density at radius 1 is 1.05 bits per heavy atom. The predicted molar refractivity (Wildman–Crippen MR) is 156 cm³/mol. The molecule has 2 aromatic carbocycles. The first-order valence-corrected chi connectivity index (χ1v) is 14.4. The summed E-state index contributed by atoms with van der Waals surface area (Å²) in [5.74, 6) is -2.38. The molecule has 0 spiro atoms. The zero-order valence-corrected chi connectivity index (χ0v) is 24.1. The molecule has 0 aliphatic carbocycles. The molecule has 0 bridgehead atoms. The van der Waals surface area contributed by atoms with Crippen LogP contribution in [0, 0.1) is 18.3 Å². The molecule has 2 aromatic rings. The highest BCUT2D eigenvalue weighted by molar-refractivity contribution is 5.95. The zero-order valence-electron chi connectivity index (χ0n) is 24.1. The molecule has 228 valence electrons. The van der Waals surface area contributed by atoms with Crippen LogP contribution in [0.3, 0.4) is 0 Å². The minimum Gasteiger partial charge on any atom is -0.450 e. The third kappa shape index (κ3) is 8.67. The standard InChI is InChI=1S/C31H36FN5O6/c1-21(38)43-28(30(40)37-14-6-7-15-37)27(35-31(41)42-20-23-8-4-3-5-9-23)29(39)34-19-22-12-16-36(17-13-22)26-11-10-24(32)18-25(26)33-2/h3-5,8-11,18,22,27-28H,6-7,12-17,19-20H2,1H3,(H,34,39)(H,35,41)/t27-,28-/m1/s1. The lowest BCUT2D eigenvalue weighted by Gasteiger charge is -2.35. The molecule has 2 fully saturated rings. The Morgan fingerprint density at radius 2 is 1.74 bits per heavy atom. The SMILES string of the molecule is [C-]#[N+]c1cc(F)ccc1N1CCC(CNC(=O)[C@H](NC(=O)OCc2ccccc2)[C@@H](OC(C)=O)C(=O)N2CCCC2)CC1. The van der Waals surface area contributed by atoms with E-state index in [0.29, 0.717) is 44.7 Å². The van der Waals surface area contributed by atoms with E-state index in [1.807, 2.05) is 11.0 Å². The number of hydrogen-bond acceptors (Lipinski definition) is 7. The van der Waals surface area contributed by atoms with Gasteiger partial charge in [-0.05, 0) is 55.4 Å². The molecule has 0 saturated carbocycles. The van der Waals surface area contributed by atoms with Crippen molar-refractivity contribution in [2.75, 3.05) is 37.6 Å². The summed E-state index contributed by atoms with van der Waals surface area (Å²) in [5.41, 5.74) is 1.65. The lowest BCUT2D eigenvalue weighted by molar-refractivity contribution is -0.161. The number of carbonyl (C=O) groups is 4. The number of carbonyl (C=O) groups excluding carboxylic acids is 4. The molecule has 2 aliphatic rings. The minimum absolute atomic E-state index is 0.0544. The van der Waals surface area contributed by atoms with Gasteiger partial charge in [0.2, 0.25) is 17.7 Å². The summed E-state index contributed by atoms with van der Waals surface area (Å²) >= 11 is 0. The van der Waals surface area contributed by atoms with Crippen LogP contribution in [0.25, 0.3) is 4.85 Å². The summed E-state index contributed by atoms with van der Waals surface area (Å²) in [6, 6.07) is 11.6. The van der Waals surface area contributed by atoms with E-state index in [1.165, 1.54) is 17.0 Å². The molecule has 11 nitrogen and oxygen atoms in total. The number of anilines is 1. The van der Waals surface area contributed by atoms with Gasteiger partial charge in [-0.3, -0.25) is 14.4 Å². The van der Waals surface area contributed by atoms with Crippen LogP contribution in [-0.2, 0) is 30.5 Å². The van der Waals surface area contributed by atoms with E-state index in [0.717, 1.165) is 25.3 Å². The molecular weight excluding hydrogens is 557 g/mol. The number of halogens is 1. The summed E-state index contributed by atoms with van der Waals surface area (Å²) in [6.07, 6.45) is 0.454. The number of ether oxygens (including phenoxy) is 2. The molecule has 2 atom stereocenters. The van der Waals surface area contributed by atoms with Crippen molar-refractivity contribution in [1.82, 2.24) is 15.5 Å². The van der Waals surface area contributed by atoms with Crippen LogP contribution < -0.4 is 15.5 Å². The average Bonchev–Trinajstić information content (AvgIpc) is 3.56. The van der Waals surface area contributed by atoms with Crippen molar-refractivity contribution in [3.8, 4) is 0 Å². The Bertz CT molecular complexity index is 1340. The topological polar surface area (TPSA) is 122 Å². The normalized spacial score (nSPS) is 16.5. The van der Waals surface area contributed by atoms with Crippen molar-refractivity contribution in [1.29, 1.82) is 0 Å². The van der Waals surface area contributed by atoms with Gasteiger partial charge in [-0.2, -0.15) is 0 Å². The van der Waals surface area contributed by atoms with E-state index >= 15 is 0 Å². The highest BCUT2D eigenvalue weighted by Crippen LogP contribution is 2.32. The van der Waals surface area contributed by atoms with E-state index in [4.69, 9.17) is 16.0 Å². The van der Waals surface area contributed by atoms with Crippen molar-refractivity contribution in [2.45, 2.75) is 51.4 Å². The molecule has 0 aromatic heterocycles. The third-order valence-electron chi connectivity index (χ3n) is 7.60. The van der Waals surface area contributed by atoms with Crippen LogP contribution in [0.4, 0.5) is 20.6 Å². The largest absolute Gasteiger partial charge is 0.450 e. The van der Waals surface area contributed by atoms with Crippen LogP contribution in [0.2, 0.25) is 0 Å². The van der Waals surface area contributed by atoms with Crippen molar-refractivity contribution in [3.63, 3.8) is 0 Å². The quantitative estimate of drug-likeness (QED) is 0.319. The van der Waals surface area contributed by atoms with Crippen molar-refractivity contribution in [3.05, 3.63) is 71.3 Å². The third-order valence-corrected chi connectivity index (χ3v) is 7.60. The summed E-state index contributed by atoms with van der Waals surface area (Å²) < 4.78 is 24.2.